The molecule has 8 nitrogen and oxygen atoms in total. The third kappa shape index (κ3) is 10.3. The minimum absolute atomic E-state index is 0.00398. The molecular weight excluding hydrogens is 676 g/mol. The van der Waals surface area contributed by atoms with Crippen LogP contribution < -0.4 is 15.0 Å². The van der Waals surface area contributed by atoms with E-state index in [9.17, 15) is 31.5 Å². The monoisotopic (exact) mass is 715 g/mol. The molecule has 1 fully saturated rings. The van der Waals surface area contributed by atoms with Crippen molar-refractivity contribution in [2.75, 3.05) is 30.1 Å². The summed E-state index contributed by atoms with van der Waals surface area (Å²) in [5.74, 6) is -0.912. The molecule has 262 valence electrons. The maximum atomic E-state index is 14.0. The van der Waals surface area contributed by atoms with E-state index in [0.717, 1.165) is 35.1 Å². The van der Waals surface area contributed by atoms with Gasteiger partial charge in [0.05, 0.1) is 18.2 Å². The van der Waals surface area contributed by atoms with E-state index in [0.29, 0.717) is 23.4 Å². The molecule has 0 spiro atoms. The summed E-state index contributed by atoms with van der Waals surface area (Å²) in [4.78, 5) is 18.6. The summed E-state index contributed by atoms with van der Waals surface area (Å²) in [7, 11) is -3.63. The predicted molar refractivity (Wildman–Crippen MR) is 185 cm³/mol. The Morgan fingerprint density at radius 3 is 2.51 bits per heavy atom. The van der Waals surface area contributed by atoms with Crippen LogP contribution in [-0.4, -0.2) is 68.1 Å². The topological polar surface area (TPSA) is 99.2 Å². The molecule has 0 radical (unpaired) electrons. The number of sulfone groups is 1. The van der Waals surface area contributed by atoms with Crippen molar-refractivity contribution in [3.63, 3.8) is 0 Å². The van der Waals surface area contributed by atoms with Crippen LogP contribution in [0.15, 0.2) is 90.3 Å². The summed E-state index contributed by atoms with van der Waals surface area (Å²) in [6, 6.07) is 23.4. The number of nitrogens with one attached hydrogen (secondary N) is 1. The van der Waals surface area contributed by atoms with Crippen molar-refractivity contribution in [1.29, 1.82) is 0 Å². The first-order chi connectivity index (χ1) is 23.3. The van der Waals surface area contributed by atoms with Crippen LogP contribution in [0.3, 0.4) is 0 Å². The third-order valence-electron chi connectivity index (χ3n) is 8.35. The SMILES string of the molecule is Cc1cc(C(=O)N2CCCC2c2cccs2)cc(N(CS(C)(=O)=O)[C@@H](Cc2ccccc2)[C@H](O)CNCc2cccc(OC(F)(F)F)c2)c1. The van der Waals surface area contributed by atoms with Crippen LogP contribution in [0.5, 0.6) is 5.75 Å². The Morgan fingerprint density at radius 1 is 1.06 bits per heavy atom. The van der Waals surface area contributed by atoms with Gasteiger partial charge < -0.3 is 25.0 Å². The standard InChI is InChI=1S/C36H40F3N3O5S2/c1-25-17-28(35(44)41-15-7-13-31(41)34-14-8-16-48-34)21-29(18-25)42(24-49(2,45)46)32(20-26-9-4-3-5-10-26)33(43)23-40-22-27-11-6-12-30(19-27)47-36(37,38)39/h3-6,8-12,14,16-19,21,31-33,40,43H,7,13,15,20,22-24H2,1-2H3/t31?,32-,33+/m0/s1. The van der Waals surface area contributed by atoms with E-state index < -0.39 is 34.2 Å². The second-order valence-corrected chi connectivity index (χ2v) is 15.5. The van der Waals surface area contributed by atoms with Crippen LogP contribution in [0.1, 0.15) is 50.8 Å². The van der Waals surface area contributed by atoms with Crippen LogP contribution >= 0.6 is 11.3 Å². The maximum Gasteiger partial charge on any atom is 0.573 e. The molecule has 3 aromatic carbocycles. The van der Waals surface area contributed by atoms with Crippen molar-refractivity contribution in [1.82, 2.24) is 10.2 Å². The first-order valence-electron chi connectivity index (χ1n) is 15.9. The number of aliphatic hydroxyl groups excluding tert-OH is 1. The lowest BCUT2D eigenvalue weighted by Gasteiger charge is -2.37. The number of hydrogen-bond acceptors (Lipinski definition) is 8. The number of hydrogen-bond donors (Lipinski definition) is 2. The number of benzene rings is 3. The minimum Gasteiger partial charge on any atom is -0.406 e. The second kappa shape index (κ2) is 15.8. The Bertz CT molecular complexity index is 1800. The van der Waals surface area contributed by atoms with Gasteiger partial charge in [-0.25, -0.2) is 8.42 Å². The fourth-order valence-electron chi connectivity index (χ4n) is 6.28. The van der Waals surface area contributed by atoms with Crippen LogP contribution in [0, 0.1) is 6.92 Å². The molecule has 1 unspecified atom stereocenters. The number of aliphatic hydroxyl groups is 1. The summed E-state index contributed by atoms with van der Waals surface area (Å²) in [5.41, 5.74) is 3.05. The summed E-state index contributed by atoms with van der Waals surface area (Å²) in [6.07, 6.45) is -2.81. The van der Waals surface area contributed by atoms with Gasteiger partial charge >= 0.3 is 6.36 Å². The molecule has 1 aromatic heterocycles. The Kier molecular flexibility index (Phi) is 11.7. The van der Waals surface area contributed by atoms with Crippen molar-refractivity contribution in [3.05, 3.63) is 117 Å². The average Bonchev–Trinajstić information content (AvgIpc) is 3.74. The Labute approximate surface area is 289 Å². The van der Waals surface area contributed by atoms with Crippen molar-refractivity contribution in [3.8, 4) is 5.75 Å². The Morgan fingerprint density at radius 2 is 1.82 bits per heavy atom. The zero-order chi connectivity index (χ0) is 35.2. The van der Waals surface area contributed by atoms with Crippen molar-refractivity contribution < 1.29 is 36.2 Å². The normalized spacial score (nSPS) is 16.4. The van der Waals surface area contributed by atoms with Crippen LogP contribution in [0.25, 0.3) is 0 Å². The van der Waals surface area contributed by atoms with E-state index in [-0.39, 0.29) is 37.2 Å². The van der Waals surface area contributed by atoms with Gasteiger partial charge in [-0.1, -0.05) is 48.5 Å². The van der Waals surface area contributed by atoms with Crippen molar-refractivity contribution in [2.24, 2.45) is 0 Å². The lowest BCUT2D eigenvalue weighted by Crippen LogP contribution is -2.51. The number of rotatable bonds is 14. The van der Waals surface area contributed by atoms with Gasteiger partial charge in [0, 0.05) is 42.0 Å². The molecule has 0 bridgehead atoms. The zero-order valence-electron chi connectivity index (χ0n) is 27.3. The zero-order valence-corrected chi connectivity index (χ0v) is 28.9. The first kappa shape index (κ1) is 36.4. The number of likely N-dealkylation sites (tertiary alicyclic amines) is 1. The smallest absolute Gasteiger partial charge is 0.406 e. The van der Waals surface area contributed by atoms with Crippen molar-refractivity contribution in [2.45, 2.75) is 57.3 Å². The Balaban J connectivity index is 1.43. The van der Waals surface area contributed by atoms with Gasteiger partial charge in [0.15, 0.2) is 9.84 Å². The molecule has 5 rings (SSSR count). The van der Waals surface area contributed by atoms with Crippen molar-refractivity contribution >= 4 is 32.8 Å². The quantitative estimate of drug-likeness (QED) is 0.154. The number of alkyl halides is 3. The lowest BCUT2D eigenvalue weighted by atomic mass is 9.98. The fraction of sp³-hybridized carbons (Fsp3) is 0.361. The predicted octanol–water partition coefficient (Wildman–Crippen LogP) is 6.50. The molecule has 3 atom stereocenters. The lowest BCUT2D eigenvalue weighted by molar-refractivity contribution is -0.274. The van der Waals surface area contributed by atoms with E-state index in [1.807, 2.05) is 65.7 Å². The number of amides is 1. The number of thiophene rings is 1. The molecule has 1 aliphatic heterocycles. The number of carbonyl (C=O) groups is 1. The molecular formula is C36H40F3N3O5S2. The molecule has 1 amide bonds. The van der Waals surface area contributed by atoms with Gasteiger partial charge in [0.2, 0.25) is 0 Å². The van der Waals surface area contributed by atoms with E-state index in [1.54, 1.807) is 34.4 Å². The van der Waals surface area contributed by atoms with Crippen LogP contribution in [0.4, 0.5) is 18.9 Å². The first-order valence-corrected chi connectivity index (χ1v) is 18.9. The van der Waals surface area contributed by atoms with Gasteiger partial charge in [0.25, 0.3) is 5.91 Å². The number of carbonyl (C=O) groups excluding carboxylic acids is 1. The number of halogens is 3. The highest BCUT2D eigenvalue weighted by Gasteiger charge is 2.34. The largest absolute Gasteiger partial charge is 0.573 e. The van der Waals surface area contributed by atoms with Crippen LogP contribution in [-0.2, 0) is 22.8 Å². The summed E-state index contributed by atoms with van der Waals surface area (Å²) in [6.45, 7) is 2.58. The summed E-state index contributed by atoms with van der Waals surface area (Å²) in [5, 5.41) is 16.8. The van der Waals surface area contributed by atoms with E-state index >= 15 is 0 Å². The second-order valence-electron chi connectivity index (χ2n) is 12.4. The summed E-state index contributed by atoms with van der Waals surface area (Å²) >= 11 is 1.62. The average molecular weight is 716 g/mol. The van der Waals surface area contributed by atoms with Crippen LogP contribution in [0.2, 0.25) is 0 Å². The number of aryl methyl sites for hydroxylation is 1. The van der Waals surface area contributed by atoms with E-state index in [4.69, 9.17) is 0 Å². The molecule has 2 N–H and O–H groups in total. The molecule has 0 aliphatic carbocycles. The molecule has 49 heavy (non-hydrogen) atoms. The summed E-state index contributed by atoms with van der Waals surface area (Å²) < 4.78 is 68.1. The molecule has 0 saturated carbocycles. The molecule has 1 aliphatic rings. The highest BCUT2D eigenvalue weighted by atomic mass is 32.2. The Hall–Kier alpha value is -3.91. The van der Waals surface area contributed by atoms with E-state index in [1.165, 1.54) is 18.2 Å². The number of anilines is 1. The van der Waals surface area contributed by atoms with Gasteiger partial charge in [-0.15, -0.1) is 24.5 Å². The molecule has 4 aromatic rings. The molecule has 13 heteroatoms. The third-order valence-corrected chi connectivity index (χ3v) is 10.1. The van der Waals surface area contributed by atoms with E-state index in [2.05, 4.69) is 10.1 Å². The fourth-order valence-corrected chi connectivity index (χ4v) is 8.00. The highest BCUT2D eigenvalue weighted by Crippen LogP contribution is 2.36. The molecule has 2 heterocycles. The number of nitrogens with zero attached hydrogens (tertiary/aromatic N) is 2. The highest BCUT2D eigenvalue weighted by molar-refractivity contribution is 7.90. The van der Waals surface area contributed by atoms with Gasteiger partial charge in [-0.2, -0.15) is 0 Å². The minimum atomic E-state index is -4.82. The van der Waals surface area contributed by atoms with Gasteiger partial charge in [0.1, 0.15) is 11.6 Å². The molecule has 1 saturated heterocycles. The maximum absolute atomic E-state index is 14.0. The number of ether oxygens (including phenoxy) is 1. The van der Waals surface area contributed by atoms with Gasteiger partial charge in [-0.05, 0) is 84.7 Å². The van der Waals surface area contributed by atoms with Gasteiger partial charge in [-0.3, -0.25) is 4.79 Å².